The third-order valence-corrected chi connectivity index (χ3v) is 4.50. The third kappa shape index (κ3) is 4.38. The van der Waals surface area contributed by atoms with Crippen molar-refractivity contribution in [2.75, 3.05) is 26.3 Å². The Morgan fingerprint density at radius 2 is 2.17 bits per heavy atom. The molecule has 2 fully saturated rings. The lowest BCUT2D eigenvalue weighted by molar-refractivity contribution is 0.140. The van der Waals surface area contributed by atoms with Crippen LogP contribution in [0.15, 0.2) is 23.2 Å². The highest BCUT2D eigenvalue weighted by atomic mass is 16.5. The molecule has 1 atom stereocenters. The number of hydrogen-bond donors (Lipinski definition) is 1. The number of benzene rings is 1. The summed E-state index contributed by atoms with van der Waals surface area (Å²) in [7, 11) is 0. The summed E-state index contributed by atoms with van der Waals surface area (Å²) in [5, 5.41) is 0. The molecule has 0 bridgehead atoms. The highest BCUT2D eigenvalue weighted by molar-refractivity contribution is 5.78. The topological polar surface area (TPSA) is 60.1 Å². The van der Waals surface area contributed by atoms with Crippen LogP contribution >= 0.6 is 0 Å². The standard InChI is InChI=1S/C18H27N3O2/c1-14-5-6-15(17(11-14)23-16-7-10-22-13-16)12-20-18(19)21-8-3-2-4-9-21/h5-6,11,16H,2-4,7-10,12-13H2,1H3,(H2,19,20). The molecule has 2 heterocycles. The average Bonchev–Trinajstić information content (AvgIpc) is 3.08. The Bertz CT molecular complexity index is 547. The van der Waals surface area contributed by atoms with E-state index in [1.54, 1.807) is 0 Å². The fraction of sp³-hybridized carbons (Fsp3) is 0.611. The molecule has 0 amide bonds. The van der Waals surface area contributed by atoms with Crippen LogP contribution < -0.4 is 10.5 Å². The maximum Gasteiger partial charge on any atom is 0.191 e. The number of nitrogens with zero attached hydrogens (tertiary/aromatic N) is 2. The van der Waals surface area contributed by atoms with Gasteiger partial charge in [0.05, 0.1) is 19.8 Å². The number of aryl methyl sites for hydroxylation is 1. The first kappa shape index (κ1) is 16.1. The van der Waals surface area contributed by atoms with Gasteiger partial charge in [0.2, 0.25) is 0 Å². The van der Waals surface area contributed by atoms with Crippen molar-refractivity contribution in [3.63, 3.8) is 0 Å². The third-order valence-electron chi connectivity index (χ3n) is 4.50. The van der Waals surface area contributed by atoms with E-state index in [0.717, 1.165) is 37.4 Å². The number of ether oxygens (including phenoxy) is 2. The quantitative estimate of drug-likeness (QED) is 0.684. The van der Waals surface area contributed by atoms with E-state index in [9.17, 15) is 0 Å². The summed E-state index contributed by atoms with van der Waals surface area (Å²) in [4.78, 5) is 6.78. The van der Waals surface area contributed by atoms with Crippen molar-refractivity contribution in [3.05, 3.63) is 29.3 Å². The molecule has 1 aromatic carbocycles. The van der Waals surface area contributed by atoms with Gasteiger partial charge in [-0.15, -0.1) is 0 Å². The summed E-state index contributed by atoms with van der Waals surface area (Å²) in [6, 6.07) is 6.27. The predicted molar refractivity (Wildman–Crippen MR) is 91.8 cm³/mol. The molecule has 0 saturated carbocycles. The Hall–Kier alpha value is -1.75. The Morgan fingerprint density at radius 3 is 2.91 bits per heavy atom. The molecule has 0 aliphatic carbocycles. The number of rotatable bonds is 4. The van der Waals surface area contributed by atoms with Gasteiger partial charge in [0.25, 0.3) is 0 Å². The van der Waals surface area contributed by atoms with Gasteiger partial charge in [0.1, 0.15) is 11.9 Å². The van der Waals surface area contributed by atoms with E-state index in [4.69, 9.17) is 15.2 Å². The summed E-state index contributed by atoms with van der Waals surface area (Å²) >= 11 is 0. The van der Waals surface area contributed by atoms with Gasteiger partial charge in [0.15, 0.2) is 5.96 Å². The Balaban J connectivity index is 1.68. The van der Waals surface area contributed by atoms with Crippen molar-refractivity contribution in [2.24, 2.45) is 10.7 Å². The molecule has 0 aromatic heterocycles. The van der Waals surface area contributed by atoms with Gasteiger partial charge in [-0.2, -0.15) is 0 Å². The van der Waals surface area contributed by atoms with Crippen molar-refractivity contribution < 1.29 is 9.47 Å². The van der Waals surface area contributed by atoms with Crippen LogP contribution in [0.4, 0.5) is 0 Å². The normalized spacial score (nSPS) is 22.4. The zero-order valence-corrected chi connectivity index (χ0v) is 14.0. The number of aliphatic imine (C=N–C) groups is 1. The molecular weight excluding hydrogens is 290 g/mol. The lowest BCUT2D eigenvalue weighted by atomic mass is 10.1. The number of hydrogen-bond acceptors (Lipinski definition) is 3. The number of piperidine rings is 1. The van der Waals surface area contributed by atoms with E-state index in [1.165, 1.54) is 24.8 Å². The van der Waals surface area contributed by atoms with Crippen LogP contribution in [0.5, 0.6) is 5.75 Å². The van der Waals surface area contributed by atoms with E-state index in [0.29, 0.717) is 19.1 Å². The number of guanidine groups is 1. The largest absolute Gasteiger partial charge is 0.488 e. The molecule has 5 nitrogen and oxygen atoms in total. The van der Waals surface area contributed by atoms with E-state index >= 15 is 0 Å². The molecule has 5 heteroatoms. The minimum atomic E-state index is 0.152. The van der Waals surface area contributed by atoms with Crippen LogP contribution in [-0.2, 0) is 11.3 Å². The summed E-state index contributed by atoms with van der Waals surface area (Å²) in [5.41, 5.74) is 8.43. The van der Waals surface area contributed by atoms with Crippen molar-refractivity contribution in [3.8, 4) is 5.75 Å². The highest BCUT2D eigenvalue weighted by Gasteiger charge is 2.19. The zero-order chi connectivity index (χ0) is 16.1. The SMILES string of the molecule is Cc1ccc(CN=C(N)N2CCCCC2)c(OC2CCOC2)c1. The monoisotopic (exact) mass is 317 g/mol. The Morgan fingerprint density at radius 1 is 1.35 bits per heavy atom. The predicted octanol–water partition coefficient (Wildman–Crippen LogP) is 2.46. The molecule has 2 aliphatic rings. The second-order valence-electron chi connectivity index (χ2n) is 6.44. The van der Waals surface area contributed by atoms with Crippen LogP contribution in [0.2, 0.25) is 0 Å². The molecule has 23 heavy (non-hydrogen) atoms. The maximum atomic E-state index is 6.15. The van der Waals surface area contributed by atoms with Gasteiger partial charge in [-0.25, -0.2) is 4.99 Å². The van der Waals surface area contributed by atoms with Crippen LogP contribution in [0.25, 0.3) is 0 Å². The van der Waals surface area contributed by atoms with Crippen molar-refractivity contribution in [1.82, 2.24) is 4.90 Å². The summed E-state index contributed by atoms with van der Waals surface area (Å²) in [6.45, 7) is 6.13. The fourth-order valence-electron chi connectivity index (χ4n) is 3.08. The summed E-state index contributed by atoms with van der Waals surface area (Å²) in [5.74, 6) is 1.57. The molecule has 1 aromatic rings. The first-order valence-corrected chi connectivity index (χ1v) is 8.61. The average molecular weight is 317 g/mol. The smallest absolute Gasteiger partial charge is 0.191 e. The van der Waals surface area contributed by atoms with Gasteiger partial charge < -0.3 is 20.1 Å². The lowest BCUT2D eigenvalue weighted by Gasteiger charge is -2.27. The van der Waals surface area contributed by atoms with Crippen molar-refractivity contribution >= 4 is 5.96 Å². The molecule has 1 unspecified atom stereocenters. The number of likely N-dealkylation sites (tertiary alicyclic amines) is 1. The Kier molecular flexibility index (Phi) is 5.39. The molecule has 3 rings (SSSR count). The summed E-state index contributed by atoms with van der Waals surface area (Å²) < 4.78 is 11.5. The first-order valence-electron chi connectivity index (χ1n) is 8.61. The molecule has 0 spiro atoms. The summed E-state index contributed by atoms with van der Waals surface area (Å²) in [6.07, 6.45) is 4.81. The minimum absolute atomic E-state index is 0.152. The highest BCUT2D eigenvalue weighted by Crippen LogP contribution is 2.24. The molecule has 126 valence electrons. The van der Waals surface area contributed by atoms with E-state index in [2.05, 4.69) is 35.0 Å². The molecule has 2 saturated heterocycles. The van der Waals surface area contributed by atoms with Gasteiger partial charge in [-0.05, 0) is 37.8 Å². The van der Waals surface area contributed by atoms with E-state index in [1.807, 2.05) is 0 Å². The Labute approximate surface area is 138 Å². The van der Waals surface area contributed by atoms with Crippen molar-refractivity contribution in [2.45, 2.75) is 45.3 Å². The second kappa shape index (κ2) is 7.68. The molecule has 0 radical (unpaired) electrons. The van der Waals surface area contributed by atoms with Crippen LogP contribution in [0, 0.1) is 6.92 Å². The minimum Gasteiger partial charge on any atom is -0.488 e. The zero-order valence-electron chi connectivity index (χ0n) is 14.0. The molecular formula is C18H27N3O2. The lowest BCUT2D eigenvalue weighted by Crippen LogP contribution is -2.40. The fourth-order valence-corrected chi connectivity index (χ4v) is 3.08. The van der Waals surface area contributed by atoms with Gasteiger partial charge in [0, 0.05) is 25.1 Å². The van der Waals surface area contributed by atoms with E-state index in [-0.39, 0.29) is 6.10 Å². The van der Waals surface area contributed by atoms with E-state index < -0.39 is 0 Å². The first-order chi connectivity index (χ1) is 11.2. The van der Waals surface area contributed by atoms with Crippen LogP contribution in [-0.4, -0.2) is 43.3 Å². The maximum absolute atomic E-state index is 6.15. The number of nitrogens with two attached hydrogens (primary N) is 1. The van der Waals surface area contributed by atoms with Gasteiger partial charge in [-0.3, -0.25) is 0 Å². The second-order valence-corrected chi connectivity index (χ2v) is 6.44. The van der Waals surface area contributed by atoms with Crippen LogP contribution in [0.1, 0.15) is 36.8 Å². The van der Waals surface area contributed by atoms with Crippen molar-refractivity contribution in [1.29, 1.82) is 0 Å². The molecule has 2 N–H and O–H groups in total. The molecule has 2 aliphatic heterocycles. The van der Waals surface area contributed by atoms with Gasteiger partial charge in [-0.1, -0.05) is 12.1 Å². The van der Waals surface area contributed by atoms with Crippen LogP contribution in [0.3, 0.4) is 0 Å². The van der Waals surface area contributed by atoms with Gasteiger partial charge >= 0.3 is 0 Å².